The number of carbonyl (C=O) groups excluding carboxylic acids is 2. The fraction of sp³-hybridized carbons (Fsp3) is 0.300. The highest BCUT2D eigenvalue weighted by Crippen LogP contribution is 2.23. The van der Waals surface area contributed by atoms with E-state index in [1.54, 1.807) is 0 Å². The van der Waals surface area contributed by atoms with Crippen molar-refractivity contribution < 1.29 is 19.5 Å². The average Bonchev–Trinajstić information content (AvgIpc) is 2.29. The molecule has 17 heavy (non-hydrogen) atoms. The second-order valence-corrected chi connectivity index (χ2v) is 3.65. The summed E-state index contributed by atoms with van der Waals surface area (Å²) in [5.41, 5.74) is 0.514. The first-order valence-corrected chi connectivity index (χ1v) is 4.97. The van der Waals surface area contributed by atoms with Gasteiger partial charge < -0.3 is 5.11 Å². The zero-order chi connectivity index (χ0) is 12.4. The minimum atomic E-state index is -1.22. The Hall–Kier alpha value is -2.31. The third-order valence-corrected chi connectivity index (χ3v) is 2.50. The lowest BCUT2D eigenvalue weighted by molar-refractivity contribution is -0.134. The zero-order valence-electron chi connectivity index (χ0n) is 8.71. The summed E-state index contributed by atoms with van der Waals surface area (Å²) in [7, 11) is 0. The molecule has 7 heteroatoms. The van der Waals surface area contributed by atoms with Crippen LogP contribution >= 0.6 is 0 Å². The van der Waals surface area contributed by atoms with Crippen molar-refractivity contribution in [3.8, 4) is 0 Å². The van der Waals surface area contributed by atoms with Crippen LogP contribution in [0.5, 0.6) is 0 Å². The first kappa shape index (κ1) is 11.2. The highest BCUT2D eigenvalue weighted by atomic mass is 16.4. The predicted molar refractivity (Wildman–Crippen MR) is 54.1 cm³/mol. The number of hydrogen-bond acceptors (Lipinski definition) is 5. The Labute approximate surface area is 95.9 Å². The first-order valence-electron chi connectivity index (χ1n) is 4.97. The van der Waals surface area contributed by atoms with Gasteiger partial charge in [0.15, 0.2) is 0 Å². The van der Waals surface area contributed by atoms with Crippen molar-refractivity contribution in [2.75, 3.05) is 0 Å². The Kier molecular flexibility index (Phi) is 2.82. The second kappa shape index (κ2) is 4.28. The van der Waals surface area contributed by atoms with E-state index in [1.165, 1.54) is 12.4 Å². The standard InChI is InChI=1S/C10H9N3O4/c14-7-2-1-6(9(15)13-7)5-3-11-8(10(16)17)12-4-5/h3-4,6H,1-2H2,(H,16,17)(H,13,14,15). The molecule has 0 radical (unpaired) electrons. The summed E-state index contributed by atoms with van der Waals surface area (Å²) in [6, 6.07) is 0. The SMILES string of the molecule is O=C1CCC(c2cnc(C(=O)O)nc2)C(=O)N1. The molecule has 0 spiro atoms. The van der Waals surface area contributed by atoms with Crippen molar-refractivity contribution in [2.24, 2.45) is 0 Å². The maximum Gasteiger partial charge on any atom is 0.373 e. The van der Waals surface area contributed by atoms with Crippen LogP contribution in [0.25, 0.3) is 0 Å². The van der Waals surface area contributed by atoms with Gasteiger partial charge in [-0.2, -0.15) is 0 Å². The number of aromatic nitrogens is 2. The van der Waals surface area contributed by atoms with Crippen LogP contribution < -0.4 is 5.32 Å². The number of hydrogen-bond donors (Lipinski definition) is 2. The molecule has 1 aromatic rings. The minimum absolute atomic E-state index is 0.261. The molecule has 2 N–H and O–H groups in total. The van der Waals surface area contributed by atoms with Crippen molar-refractivity contribution in [3.63, 3.8) is 0 Å². The Morgan fingerprint density at radius 3 is 2.53 bits per heavy atom. The number of carboxylic acids is 1. The van der Waals surface area contributed by atoms with Gasteiger partial charge >= 0.3 is 5.97 Å². The van der Waals surface area contributed by atoms with Gasteiger partial charge in [0.05, 0.1) is 5.92 Å². The van der Waals surface area contributed by atoms with E-state index in [9.17, 15) is 14.4 Å². The fourth-order valence-electron chi connectivity index (χ4n) is 1.64. The summed E-state index contributed by atoms with van der Waals surface area (Å²) < 4.78 is 0. The first-order chi connectivity index (χ1) is 8.08. The minimum Gasteiger partial charge on any atom is -0.475 e. The van der Waals surface area contributed by atoms with E-state index in [0.29, 0.717) is 12.0 Å². The molecule has 1 saturated heterocycles. The Morgan fingerprint density at radius 1 is 1.35 bits per heavy atom. The quantitative estimate of drug-likeness (QED) is 0.681. The van der Waals surface area contributed by atoms with Gasteiger partial charge in [-0.3, -0.25) is 14.9 Å². The maximum absolute atomic E-state index is 11.5. The van der Waals surface area contributed by atoms with E-state index < -0.39 is 17.8 Å². The van der Waals surface area contributed by atoms with E-state index >= 15 is 0 Å². The van der Waals surface area contributed by atoms with E-state index in [4.69, 9.17) is 5.11 Å². The van der Waals surface area contributed by atoms with Crippen molar-refractivity contribution in [1.29, 1.82) is 0 Å². The molecule has 1 aliphatic heterocycles. The molecule has 7 nitrogen and oxygen atoms in total. The average molecular weight is 235 g/mol. The lowest BCUT2D eigenvalue weighted by atomic mass is 9.92. The van der Waals surface area contributed by atoms with Crippen LogP contribution in [-0.2, 0) is 9.59 Å². The molecule has 0 aliphatic carbocycles. The van der Waals surface area contributed by atoms with E-state index in [0.717, 1.165) is 0 Å². The molecule has 1 fully saturated rings. The molecular weight excluding hydrogens is 226 g/mol. The number of piperidine rings is 1. The number of carbonyl (C=O) groups is 3. The van der Waals surface area contributed by atoms with Crippen LogP contribution in [0.4, 0.5) is 0 Å². The van der Waals surface area contributed by atoms with Gasteiger partial charge in [0.25, 0.3) is 0 Å². The van der Waals surface area contributed by atoms with Crippen molar-refractivity contribution in [1.82, 2.24) is 15.3 Å². The van der Waals surface area contributed by atoms with Gasteiger partial charge in [-0.15, -0.1) is 0 Å². The lowest BCUT2D eigenvalue weighted by Gasteiger charge is -2.20. The Morgan fingerprint density at radius 2 is 2.00 bits per heavy atom. The molecule has 0 bridgehead atoms. The summed E-state index contributed by atoms with van der Waals surface area (Å²) in [6.45, 7) is 0. The lowest BCUT2D eigenvalue weighted by Crippen LogP contribution is -2.39. The number of carboxylic acid groups (broad SMARTS) is 1. The Bertz CT molecular complexity index is 483. The molecule has 88 valence electrons. The van der Waals surface area contributed by atoms with Gasteiger partial charge in [0.1, 0.15) is 0 Å². The molecule has 0 aromatic carbocycles. The molecule has 1 atom stereocenters. The summed E-state index contributed by atoms with van der Waals surface area (Å²) in [5, 5.41) is 10.8. The van der Waals surface area contributed by atoms with Gasteiger partial charge in [-0.25, -0.2) is 14.8 Å². The molecule has 2 amide bonds. The van der Waals surface area contributed by atoms with Crippen LogP contribution in [0.2, 0.25) is 0 Å². The molecule has 1 aliphatic rings. The molecule has 2 rings (SSSR count). The van der Waals surface area contributed by atoms with Gasteiger partial charge in [-0.05, 0) is 6.42 Å². The zero-order valence-corrected chi connectivity index (χ0v) is 8.71. The normalized spacial score (nSPS) is 19.9. The van der Waals surface area contributed by atoms with Gasteiger partial charge in [0.2, 0.25) is 17.6 Å². The fourth-order valence-corrected chi connectivity index (χ4v) is 1.64. The molecular formula is C10H9N3O4. The number of imide groups is 1. The van der Waals surface area contributed by atoms with Crippen LogP contribution in [0, 0.1) is 0 Å². The number of nitrogens with zero attached hydrogens (tertiary/aromatic N) is 2. The number of aromatic carboxylic acids is 1. The Balaban J connectivity index is 2.20. The smallest absolute Gasteiger partial charge is 0.373 e. The summed E-state index contributed by atoms with van der Waals surface area (Å²) >= 11 is 0. The van der Waals surface area contributed by atoms with Crippen LogP contribution in [0.15, 0.2) is 12.4 Å². The van der Waals surface area contributed by atoms with Crippen molar-refractivity contribution in [2.45, 2.75) is 18.8 Å². The molecule has 1 aromatic heterocycles. The number of nitrogens with one attached hydrogen (secondary N) is 1. The topological polar surface area (TPSA) is 109 Å². The van der Waals surface area contributed by atoms with Gasteiger partial charge in [0, 0.05) is 24.4 Å². The largest absolute Gasteiger partial charge is 0.475 e. The van der Waals surface area contributed by atoms with Crippen LogP contribution in [-0.4, -0.2) is 32.9 Å². The van der Waals surface area contributed by atoms with E-state index in [-0.39, 0.29) is 18.2 Å². The third kappa shape index (κ3) is 2.27. The van der Waals surface area contributed by atoms with Crippen molar-refractivity contribution in [3.05, 3.63) is 23.8 Å². The predicted octanol–water partition coefficient (Wildman–Crippen LogP) is -0.305. The summed E-state index contributed by atoms with van der Waals surface area (Å²) in [5.74, 6) is -2.72. The van der Waals surface area contributed by atoms with Crippen LogP contribution in [0.1, 0.15) is 34.9 Å². The third-order valence-electron chi connectivity index (χ3n) is 2.50. The van der Waals surface area contributed by atoms with E-state index in [1.807, 2.05) is 0 Å². The summed E-state index contributed by atoms with van der Waals surface area (Å²) in [6.07, 6.45) is 3.25. The van der Waals surface area contributed by atoms with E-state index in [2.05, 4.69) is 15.3 Å². The summed E-state index contributed by atoms with van der Waals surface area (Å²) in [4.78, 5) is 40.3. The molecule has 0 saturated carbocycles. The monoisotopic (exact) mass is 235 g/mol. The maximum atomic E-state index is 11.5. The van der Waals surface area contributed by atoms with Crippen LogP contribution in [0.3, 0.4) is 0 Å². The second-order valence-electron chi connectivity index (χ2n) is 3.65. The van der Waals surface area contributed by atoms with Gasteiger partial charge in [-0.1, -0.05) is 0 Å². The highest BCUT2D eigenvalue weighted by Gasteiger charge is 2.28. The number of rotatable bonds is 2. The number of amides is 2. The molecule has 2 heterocycles. The highest BCUT2D eigenvalue weighted by molar-refractivity contribution is 6.00. The van der Waals surface area contributed by atoms with Crippen molar-refractivity contribution >= 4 is 17.8 Å². The molecule has 1 unspecified atom stereocenters.